The van der Waals surface area contributed by atoms with Gasteiger partial charge in [-0.1, -0.05) is 35.1 Å². The second-order valence-corrected chi connectivity index (χ2v) is 10.1. The van der Waals surface area contributed by atoms with Crippen molar-refractivity contribution in [1.82, 2.24) is 29.6 Å². The number of amides is 1. The smallest absolute Gasteiger partial charge is 0.413 e. The lowest BCUT2D eigenvalue weighted by Crippen LogP contribution is -2.38. The summed E-state index contributed by atoms with van der Waals surface area (Å²) < 4.78 is 12.6. The number of halogens is 1. The predicted octanol–water partition coefficient (Wildman–Crippen LogP) is 4.09. The average Bonchev–Trinajstić information content (AvgIpc) is 3.51. The van der Waals surface area contributed by atoms with Gasteiger partial charge in [0.15, 0.2) is 5.13 Å². The Bertz CT molecular complexity index is 1420. The molecule has 0 radical (unpaired) electrons. The molecule has 1 fully saturated rings. The molecule has 1 aliphatic carbocycles. The summed E-state index contributed by atoms with van der Waals surface area (Å²) in [5, 5.41) is 8.83. The molecule has 1 N–H and O–H groups in total. The van der Waals surface area contributed by atoms with Crippen molar-refractivity contribution in [2.75, 3.05) is 44.8 Å². The second-order valence-electron chi connectivity index (χ2n) is 8.68. The quantitative estimate of drug-likeness (QED) is 0.392. The number of para-hydroxylation sites is 1. The molecular weight excluding hydrogens is 514 g/mol. The van der Waals surface area contributed by atoms with Crippen LogP contribution in [-0.4, -0.2) is 75.2 Å². The molecular formula is C25H24ClN7O3S. The van der Waals surface area contributed by atoms with Crippen LogP contribution in [0, 0.1) is 0 Å². The molecule has 3 aromatic heterocycles. The number of morpholine rings is 1. The number of ether oxygens (including phenoxy) is 2. The van der Waals surface area contributed by atoms with Gasteiger partial charge in [0.05, 0.1) is 45.9 Å². The van der Waals surface area contributed by atoms with Crippen LogP contribution < -0.4 is 5.32 Å². The molecule has 4 aromatic rings. The number of hydrogen-bond acceptors (Lipinski definition) is 9. The van der Waals surface area contributed by atoms with Crippen molar-refractivity contribution in [2.24, 2.45) is 0 Å². The first-order valence-electron chi connectivity index (χ1n) is 12.0. The molecule has 190 valence electrons. The van der Waals surface area contributed by atoms with E-state index in [9.17, 15) is 4.79 Å². The first kappa shape index (κ1) is 24.0. The minimum absolute atomic E-state index is 0.308. The molecule has 10 nitrogen and oxygen atoms in total. The zero-order valence-electron chi connectivity index (χ0n) is 19.9. The van der Waals surface area contributed by atoms with Crippen LogP contribution in [0.3, 0.4) is 0 Å². The Kier molecular flexibility index (Phi) is 6.83. The molecule has 1 amide bonds. The number of nitrogens with one attached hydrogen (secondary N) is 1. The number of hydrogen-bond donors (Lipinski definition) is 1. The number of carbonyl (C=O) groups is 1. The number of carbonyl (C=O) groups excluding carboxylic acids is 1. The Balaban J connectivity index is 1.28. The zero-order valence-corrected chi connectivity index (χ0v) is 21.5. The summed E-state index contributed by atoms with van der Waals surface area (Å²) in [7, 11) is 0. The summed E-state index contributed by atoms with van der Waals surface area (Å²) >= 11 is 7.99. The fourth-order valence-corrected chi connectivity index (χ4v) is 5.86. The van der Waals surface area contributed by atoms with Gasteiger partial charge < -0.3 is 9.47 Å². The molecule has 0 spiro atoms. The van der Waals surface area contributed by atoms with Crippen LogP contribution in [0.4, 0.5) is 9.93 Å². The van der Waals surface area contributed by atoms with E-state index < -0.39 is 6.09 Å². The Labute approximate surface area is 222 Å². The van der Waals surface area contributed by atoms with Crippen molar-refractivity contribution < 1.29 is 14.3 Å². The maximum absolute atomic E-state index is 12.5. The molecule has 37 heavy (non-hydrogen) atoms. The zero-order chi connectivity index (χ0) is 25.2. The van der Waals surface area contributed by atoms with Gasteiger partial charge in [0, 0.05) is 43.2 Å². The van der Waals surface area contributed by atoms with Gasteiger partial charge in [0.1, 0.15) is 12.9 Å². The highest BCUT2D eigenvalue weighted by Gasteiger charge is 2.30. The number of thiazole rings is 1. The third kappa shape index (κ3) is 4.95. The van der Waals surface area contributed by atoms with Gasteiger partial charge in [-0.25, -0.2) is 24.4 Å². The minimum Gasteiger partial charge on any atom is -0.448 e. The molecule has 12 heteroatoms. The van der Waals surface area contributed by atoms with E-state index in [1.54, 1.807) is 12.4 Å². The number of nitrogens with zero attached hydrogens (tertiary/aromatic N) is 6. The maximum Gasteiger partial charge on any atom is 0.413 e. The Hall–Kier alpha value is -3.38. The lowest BCUT2D eigenvalue weighted by molar-refractivity contribution is 0.0290. The molecule has 1 aromatic carbocycles. The highest BCUT2D eigenvalue weighted by atomic mass is 35.5. The van der Waals surface area contributed by atoms with E-state index in [-0.39, 0.29) is 0 Å². The van der Waals surface area contributed by atoms with Gasteiger partial charge in [0.25, 0.3) is 0 Å². The third-order valence-corrected chi connectivity index (χ3v) is 7.72. The normalized spacial score (nSPS) is 15.2. The van der Waals surface area contributed by atoms with Crippen LogP contribution in [0.25, 0.3) is 27.5 Å². The molecule has 0 bridgehead atoms. The van der Waals surface area contributed by atoms with Crippen LogP contribution in [0.15, 0.2) is 43.0 Å². The number of anilines is 1. The highest BCUT2D eigenvalue weighted by Crippen LogP contribution is 2.44. The molecule has 2 aliphatic rings. The van der Waals surface area contributed by atoms with Gasteiger partial charge in [-0.15, -0.1) is 0 Å². The summed E-state index contributed by atoms with van der Waals surface area (Å²) in [5.74, 6) is 0. The first-order chi connectivity index (χ1) is 18.2. The molecule has 6 rings (SSSR count). The molecule has 0 unspecified atom stereocenters. The van der Waals surface area contributed by atoms with Gasteiger partial charge in [-0.2, -0.15) is 5.10 Å². The number of benzene rings is 1. The fourth-order valence-electron chi connectivity index (χ4n) is 4.59. The summed E-state index contributed by atoms with van der Waals surface area (Å²) in [6.07, 6.45) is 5.97. The van der Waals surface area contributed by atoms with Gasteiger partial charge in [-0.05, 0) is 25.0 Å². The molecule has 4 heterocycles. The van der Waals surface area contributed by atoms with Crippen molar-refractivity contribution in [2.45, 2.75) is 12.8 Å². The lowest BCUT2D eigenvalue weighted by atomic mass is 9.96. The van der Waals surface area contributed by atoms with Crippen molar-refractivity contribution in [3.05, 3.63) is 59.3 Å². The number of rotatable bonds is 6. The Morgan fingerprint density at radius 1 is 1.16 bits per heavy atom. The van der Waals surface area contributed by atoms with E-state index in [0.29, 0.717) is 36.5 Å². The molecule has 0 saturated carbocycles. The van der Waals surface area contributed by atoms with E-state index in [4.69, 9.17) is 31.2 Å². The Morgan fingerprint density at radius 3 is 2.78 bits per heavy atom. The van der Waals surface area contributed by atoms with E-state index in [1.165, 1.54) is 17.7 Å². The van der Waals surface area contributed by atoms with Crippen molar-refractivity contribution in [3.63, 3.8) is 0 Å². The number of aromatic nitrogens is 5. The third-order valence-electron chi connectivity index (χ3n) is 6.38. The van der Waals surface area contributed by atoms with Gasteiger partial charge in [-0.3, -0.25) is 10.2 Å². The summed E-state index contributed by atoms with van der Waals surface area (Å²) in [6, 6.07) is 7.59. The van der Waals surface area contributed by atoms with Crippen molar-refractivity contribution in [3.8, 4) is 27.5 Å². The van der Waals surface area contributed by atoms with E-state index in [2.05, 4.69) is 20.2 Å². The monoisotopic (exact) mass is 537 g/mol. The topological polar surface area (TPSA) is 107 Å². The summed E-state index contributed by atoms with van der Waals surface area (Å²) in [4.78, 5) is 28.7. The van der Waals surface area contributed by atoms with E-state index in [1.807, 2.05) is 28.9 Å². The standard InChI is InChI=1S/C25H24ClN7O3S/c26-18-3-1-2-4-20(18)33-22-17(21(31-33)16-13-27-15-28-14-16)5-6-19-23(22)37-24(29-19)30-25(34)36-12-9-32-7-10-35-11-8-32/h1-4,13-15H,5-12H2,(H,29,30,34). The highest BCUT2D eigenvalue weighted by molar-refractivity contribution is 7.19. The molecule has 0 atom stereocenters. The molecule has 1 saturated heterocycles. The predicted molar refractivity (Wildman–Crippen MR) is 140 cm³/mol. The average molecular weight is 538 g/mol. The number of aryl methyl sites for hydroxylation is 1. The maximum atomic E-state index is 12.5. The minimum atomic E-state index is -0.513. The Morgan fingerprint density at radius 2 is 1.97 bits per heavy atom. The number of fused-ring (bicyclic) bond motifs is 3. The van der Waals surface area contributed by atoms with E-state index >= 15 is 0 Å². The van der Waals surface area contributed by atoms with Crippen LogP contribution in [0.2, 0.25) is 5.02 Å². The second kappa shape index (κ2) is 10.5. The largest absolute Gasteiger partial charge is 0.448 e. The summed E-state index contributed by atoms with van der Waals surface area (Å²) in [6.45, 7) is 4.11. The van der Waals surface area contributed by atoms with Crippen LogP contribution in [0.1, 0.15) is 11.3 Å². The van der Waals surface area contributed by atoms with Crippen LogP contribution in [0.5, 0.6) is 0 Å². The molecule has 1 aliphatic heterocycles. The lowest BCUT2D eigenvalue weighted by Gasteiger charge is -2.26. The SMILES string of the molecule is O=C(Nc1nc2c(s1)-c1c(c(-c3cncnc3)nn1-c1ccccc1Cl)CC2)OCCN1CCOCC1. The van der Waals surface area contributed by atoms with Gasteiger partial charge >= 0.3 is 6.09 Å². The van der Waals surface area contributed by atoms with Crippen LogP contribution in [-0.2, 0) is 22.3 Å². The van der Waals surface area contributed by atoms with Crippen LogP contribution >= 0.6 is 22.9 Å². The fraction of sp³-hybridized carbons (Fsp3) is 0.320. The van der Waals surface area contributed by atoms with Crippen molar-refractivity contribution in [1.29, 1.82) is 0 Å². The van der Waals surface area contributed by atoms with E-state index in [0.717, 1.165) is 64.7 Å². The van der Waals surface area contributed by atoms with Gasteiger partial charge in [0.2, 0.25) is 0 Å². The van der Waals surface area contributed by atoms with Crippen molar-refractivity contribution >= 4 is 34.2 Å². The first-order valence-corrected chi connectivity index (χ1v) is 13.2. The summed E-state index contributed by atoms with van der Waals surface area (Å²) in [5.41, 5.74) is 5.31.